The molecule has 0 aliphatic carbocycles. The molecule has 0 radical (unpaired) electrons. The first-order valence-electron chi connectivity index (χ1n) is 4.24. The molecule has 1 fully saturated rings. The average Bonchev–Trinajstić information content (AvgIpc) is 2.20. The molecular weight excluding hydrogens is 140 g/mol. The molecule has 0 unspecified atom stereocenters. The van der Waals surface area contributed by atoms with E-state index in [4.69, 9.17) is 0 Å². The molecule has 0 saturated carbocycles. The van der Waals surface area contributed by atoms with Gasteiger partial charge >= 0.3 is 0 Å². The van der Waals surface area contributed by atoms with Gasteiger partial charge in [0.25, 0.3) is 0 Å². The lowest BCUT2D eigenvalue weighted by atomic mass is 10.4. The normalized spacial score (nSPS) is 19.4. The molecule has 11 heavy (non-hydrogen) atoms. The summed E-state index contributed by atoms with van der Waals surface area (Å²) in [7, 11) is 2.03. The van der Waals surface area contributed by atoms with Gasteiger partial charge in [0.1, 0.15) is 0 Å². The molecule has 1 amide bonds. The van der Waals surface area contributed by atoms with Crippen molar-refractivity contribution in [3.63, 3.8) is 0 Å². The molecule has 0 aromatic carbocycles. The number of nitrogens with one attached hydrogen (secondary N) is 1. The van der Waals surface area contributed by atoms with Crippen molar-refractivity contribution in [1.29, 1.82) is 0 Å². The fourth-order valence-electron chi connectivity index (χ4n) is 0.879. The van der Waals surface area contributed by atoms with Gasteiger partial charge in [0.2, 0.25) is 5.91 Å². The number of hydrogen-bond donors (Lipinski definition) is 1. The van der Waals surface area contributed by atoms with E-state index in [0.29, 0.717) is 6.42 Å². The largest absolute Gasteiger partial charge is 0.355 e. The van der Waals surface area contributed by atoms with E-state index in [2.05, 4.69) is 10.2 Å². The number of rotatable bonds is 0. The summed E-state index contributed by atoms with van der Waals surface area (Å²) in [4.78, 5) is 12.8. The lowest BCUT2D eigenvalue weighted by Crippen LogP contribution is -2.25. The Bertz CT molecular complexity index is 115. The summed E-state index contributed by atoms with van der Waals surface area (Å²) in [5.74, 6) is 0.180. The molecule has 0 aromatic rings. The number of likely N-dealkylation sites (N-methyl/N-ethyl adjacent to an activating group) is 1. The van der Waals surface area contributed by atoms with E-state index in [-0.39, 0.29) is 5.91 Å². The minimum Gasteiger partial charge on any atom is -0.355 e. The van der Waals surface area contributed by atoms with Crippen molar-refractivity contribution in [3.8, 4) is 0 Å². The first kappa shape index (κ1) is 10.4. The zero-order valence-electron chi connectivity index (χ0n) is 7.68. The van der Waals surface area contributed by atoms with Crippen LogP contribution in [0, 0.1) is 0 Å². The van der Waals surface area contributed by atoms with Crippen LogP contribution in [0.25, 0.3) is 0 Å². The monoisotopic (exact) mass is 158 g/mol. The molecule has 0 aromatic heterocycles. The number of carbonyl (C=O) groups excluding carboxylic acids is 1. The fourth-order valence-corrected chi connectivity index (χ4v) is 0.879. The van der Waals surface area contributed by atoms with Gasteiger partial charge in [0.15, 0.2) is 0 Å². The predicted octanol–water partition coefficient (Wildman–Crippen LogP) is 0.464. The standard InChI is InChI=1S/C6H12N2O.C2H6/c1-8-4-2-6(9)7-3-5-8;1-2/h2-5H2,1H3,(H,7,9);1-2H3. The Balaban J connectivity index is 0.000000461. The third-order valence-electron chi connectivity index (χ3n) is 1.54. The Hall–Kier alpha value is -0.570. The van der Waals surface area contributed by atoms with E-state index in [1.54, 1.807) is 0 Å². The summed E-state index contributed by atoms with van der Waals surface area (Å²) in [6.07, 6.45) is 0.649. The fraction of sp³-hybridized carbons (Fsp3) is 0.875. The summed E-state index contributed by atoms with van der Waals surface area (Å²) < 4.78 is 0. The zero-order chi connectivity index (χ0) is 8.69. The summed E-state index contributed by atoms with van der Waals surface area (Å²) >= 11 is 0. The maximum Gasteiger partial charge on any atom is 0.221 e. The van der Waals surface area contributed by atoms with Crippen molar-refractivity contribution >= 4 is 5.91 Å². The third kappa shape index (κ3) is 4.79. The van der Waals surface area contributed by atoms with Gasteiger partial charge < -0.3 is 10.2 Å². The second-order valence-corrected chi connectivity index (χ2v) is 2.40. The van der Waals surface area contributed by atoms with Gasteiger partial charge in [-0.05, 0) is 7.05 Å². The molecule has 3 heteroatoms. The highest BCUT2D eigenvalue weighted by Crippen LogP contribution is 1.90. The summed E-state index contributed by atoms with van der Waals surface area (Å²) in [6.45, 7) is 6.67. The molecule has 1 saturated heterocycles. The van der Waals surface area contributed by atoms with Crippen molar-refractivity contribution in [2.75, 3.05) is 26.7 Å². The van der Waals surface area contributed by atoms with Crippen molar-refractivity contribution in [2.45, 2.75) is 20.3 Å². The van der Waals surface area contributed by atoms with Crippen molar-refractivity contribution in [3.05, 3.63) is 0 Å². The Labute approximate surface area is 68.8 Å². The quantitative estimate of drug-likeness (QED) is 0.555. The van der Waals surface area contributed by atoms with Crippen LogP contribution in [0.2, 0.25) is 0 Å². The highest BCUT2D eigenvalue weighted by atomic mass is 16.1. The first-order chi connectivity index (χ1) is 5.29. The average molecular weight is 158 g/mol. The van der Waals surface area contributed by atoms with Gasteiger partial charge in [-0.1, -0.05) is 13.8 Å². The molecule has 1 heterocycles. The van der Waals surface area contributed by atoms with Crippen molar-refractivity contribution in [2.24, 2.45) is 0 Å². The van der Waals surface area contributed by atoms with Crippen LogP contribution >= 0.6 is 0 Å². The second kappa shape index (κ2) is 6.16. The van der Waals surface area contributed by atoms with E-state index >= 15 is 0 Å². The van der Waals surface area contributed by atoms with Crippen LogP contribution in [0.15, 0.2) is 0 Å². The van der Waals surface area contributed by atoms with Gasteiger partial charge in [-0.15, -0.1) is 0 Å². The Morgan fingerprint density at radius 2 is 2.00 bits per heavy atom. The Morgan fingerprint density at radius 3 is 2.64 bits per heavy atom. The molecular formula is C8H18N2O. The number of carbonyl (C=O) groups is 1. The molecule has 0 atom stereocenters. The molecule has 0 spiro atoms. The molecule has 0 bridgehead atoms. The zero-order valence-corrected chi connectivity index (χ0v) is 7.68. The maximum atomic E-state index is 10.7. The van der Waals surface area contributed by atoms with E-state index in [9.17, 15) is 4.79 Å². The highest BCUT2D eigenvalue weighted by Gasteiger charge is 2.07. The topological polar surface area (TPSA) is 32.3 Å². The highest BCUT2D eigenvalue weighted by molar-refractivity contribution is 5.76. The van der Waals surface area contributed by atoms with Crippen LogP contribution in [-0.4, -0.2) is 37.5 Å². The summed E-state index contributed by atoms with van der Waals surface area (Å²) in [5.41, 5.74) is 0. The van der Waals surface area contributed by atoms with Crippen LogP contribution in [0.3, 0.4) is 0 Å². The van der Waals surface area contributed by atoms with E-state index in [1.165, 1.54) is 0 Å². The van der Waals surface area contributed by atoms with Crippen molar-refractivity contribution < 1.29 is 4.79 Å². The van der Waals surface area contributed by atoms with Gasteiger partial charge in [-0.2, -0.15) is 0 Å². The van der Waals surface area contributed by atoms with Crippen LogP contribution < -0.4 is 5.32 Å². The van der Waals surface area contributed by atoms with Gasteiger partial charge in [0, 0.05) is 26.1 Å². The minimum atomic E-state index is 0.180. The Morgan fingerprint density at radius 1 is 1.36 bits per heavy atom. The van der Waals surface area contributed by atoms with Crippen LogP contribution in [-0.2, 0) is 4.79 Å². The number of amides is 1. The summed E-state index contributed by atoms with van der Waals surface area (Å²) in [5, 5.41) is 2.79. The van der Waals surface area contributed by atoms with Crippen LogP contribution in [0.1, 0.15) is 20.3 Å². The van der Waals surface area contributed by atoms with E-state index in [0.717, 1.165) is 19.6 Å². The van der Waals surface area contributed by atoms with Crippen LogP contribution in [0.5, 0.6) is 0 Å². The SMILES string of the molecule is CC.CN1CCNC(=O)CC1. The van der Waals surface area contributed by atoms with E-state index < -0.39 is 0 Å². The molecule has 66 valence electrons. The lowest BCUT2D eigenvalue weighted by molar-refractivity contribution is -0.120. The second-order valence-electron chi connectivity index (χ2n) is 2.40. The van der Waals surface area contributed by atoms with Gasteiger partial charge in [-0.25, -0.2) is 0 Å². The lowest BCUT2D eigenvalue weighted by Gasteiger charge is -2.09. The Kier molecular flexibility index (Phi) is 5.84. The maximum absolute atomic E-state index is 10.7. The molecule has 1 rings (SSSR count). The number of hydrogen-bond acceptors (Lipinski definition) is 2. The molecule has 1 aliphatic heterocycles. The number of nitrogens with zero attached hydrogens (tertiary/aromatic N) is 1. The molecule has 1 N–H and O–H groups in total. The van der Waals surface area contributed by atoms with Crippen LogP contribution in [0.4, 0.5) is 0 Å². The molecule has 1 aliphatic rings. The molecule has 3 nitrogen and oxygen atoms in total. The van der Waals surface area contributed by atoms with Crippen molar-refractivity contribution in [1.82, 2.24) is 10.2 Å². The predicted molar refractivity (Wildman–Crippen MR) is 46.5 cm³/mol. The van der Waals surface area contributed by atoms with Gasteiger partial charge in [0.05, 0.1) is 0 Å². The first-order valence-corrected chi connectivity index (χ1v) is 4.24. The van der Waals surface area contributed by atoms with Gasteiger partial charge in [-0.3, -0.25) is 4.79 Å². The van der Waals surface area contributed by atoms with E-state index in [1.807, 2.05) is 20.9 Å². The summed E-state index contributed by atoms with van der Waals surface area (Å²) in [6, 6.07) is 0. The third-order valence-corrected chi connectivity index (χ3v) is 1.54. The smallest absolute Gasteiger partial charge is 0.221 e. The minimum absolute atomic E-state index is 0.180.